The van der Waals surface area contributed by atoms with Gasteiger partial charge in [0, 0.05) is 51.0 Å². The largest absolute Gasteiger partial charge is 0.347 e. The number of fused-ring (bicyclic) bond motifs is 1. The number of carbonyl (C=O) groups excluding carboxylic acids is 2. The molecule has 154 valence electrons. The van der Waals surface area contributed by atoms with E-state index in [0.717, 1.165) is 70.5 Å². The minimum absolute atomic E-state index is 0.138. The number of rotatable bonds is 5. The molecule has 0 radical (unpaired) electrons. The molecule has 28 heavy (non-hydrogen) atoms. The lowest BCUT2D eigenvalue weighted by atomic mass is 9.84. The predicted molar refractivity (Wildman–Crippen MR) is 105 cm³/mol. The molecular weight excluding hydrogens is 356 g/mol. The molecule has 0 unspecified atom stereocenters. The first-order chi connectivity index (χ1) is 13.6. The van der Waals surface area contributed by atoms with Crippen LogP contribution in [0.5, 0.6) is 0 Å². The van der Waals surface area contributed by atoms with Crippen LogP contribution in [-0.2, 0) is 16.1 Å². The summed E-state index contributed by atoms with van der Waals surface area (Å²) in [5.74, 6) is 1.10. The van der Waals surface area contributed by atoms with E-state index in [9.17, 15) is 9.59 Å². The standard InChI is InChI=1S/C20H32N6O2/c1-15(27)25-10-4-16(5-11-25)24-17-12-20(6-2-3-9-26(20)14-17)19(28)23-13-18-21-7-8-22-18/h7-8,16-17,24H,2-6,9-14H2,1H3,(H,21,22)(H,23,28)/t17-,20-/m0/s1. The number of imidazole rings is 1. The zero-order chi connectivity index (χ0) is 19.6. The highest BCUT2D eigenvalue weighted by molar-refractivity contribution is 5.87. The first-order valence-electron chi connectivity index (χ1n) is 10.6. The zero-order valence-electron chi connectivity index (χ0n) is 16.7. The van der Waals surface area contributed by atoms with Gasteiger partial charge in [0.15, 0.2) is 0 Å². The quantitative estimate of drug-likeness (QED) is 0.688. The van der Waals surface area contributed by atoms with Crippen LogP contribution in [0.15, 0.2) is 12.4 Å². The van der Waals surface area contributed by atoms with E-state index in [2.05, 4.69) is 25.5 Å². The molecule has 1 aromatic heterocycles. The molecule has 0 aliphatic carbocycles. The van der Waals surface area contributed by atoms with E-state index in [0.29, 0.717) is 18.6 Å². The van der Waals surface area contributed by atoms with Crippen LogP contribution in [0.3, 0.4) is 0 Å². The summed E-state index contributed by atoms with van der Waals surface area (Å²) in [4.78, 5) is 36.3. The highest BCUT2D eigenvalue weighted by atomic mass is 16.2. The Morgan fingerprint density at radius 3 is 2.79 bits per heavy atom. The van der Waals surface area contributed by atoms with Crippen molar-refractivity contribution in [3.8, 4) is 0 Å². The maximum absolute atomic E-state index is 13.2. The van der Waals surface area contributed by atoms with Gasteiger partial charge in [-0.05, 0) is 45.1 Å². The van der Waals surface area contributed by atoms with E-state index in [1.165, 1.54) is 0 Å². The first-order valence-corrected chi connectivity index (χ1v) is 10.6. The van der Waals surface area contributed by atoms with E-state index >= 15 is 0 Å². The van der Waals surface area contributed by atoms with E-state index in [1.54, 1.807) is 19.3 Å². The minimum atomic E-state index is -0.386. The molecule has 4 rings (SSSR count). The number of aromatic amines is 1. The van der Waals surface area contributed by atoms with Crippen molar-refractivity contribution in [2.45, 2.75) is 69.6 Å². The average Bonchev–Trinajstić information content (AvgIpc) is 3.34. The van der Waals surface area contributed by atoms with Crippen LogP contribution < -0.4 is 10.6 Å². The van der Waals surface area contributed by atoms with Gasteiger partial charge in [0.2, 0.25) is 11.8 Å². The van der Waals surface area contributed by atoms with Gasteiger partial charge in [0.1, 0.15) is 11.4 Å². The fraction of sp³-hybridized carbons (Fsp3) is 0.750. The van der Waals surface area contributed by atoms with Gasteiger partial charge in [-0.1, -0.05) is 0 Å². The van der Waals surface area contributed by atoms with Crippen molar-refractivity contribution in [2.24, 2.45) is 0 Å². The number of H-pyrrole nitrogens is 1. The number of amides is 2. The van der Waals surface area contributed by atoms with Crippen molar-refractivity contribution >= 4 is 11.8 Å². The minimum Gasteiger partial charge on any atom is -0.347 e. The molecule has 3 N–H and O–H groups in total. The topological polar surface area (TPSA) is 93.4 Å². The van der Waals surface area contributed by atoms with Gasteiger partial charge in [0.05, 0.1) is 6.54 Å². The van der Waals surface area contributed by atoms with Crippen molar-refractivity contribution in [1.82, 2.24) is 30.4 Å². The average molecular weight is 389 g/mol. The molecule has 8 nitrogen and oxygen atoms in total. The van der Waals surface area contributed by atoms with Crippen LogP contribution in [-0.4, -0.2) is 75.4 Å². The van der Waals surface area contributed by atoms with Crippen LogP contribution in [0.2, 0.25) is 0 Å². The first kappa shape index (κ1) is 19.4. The van der Waals surface area contributed by atoms with Gasteiger partial charge in [-0.25, -0.2) is 4.98 Å². The zero-order valence-corrected chi connectivity index (χ0v) is 16.7. The fourth-order valence-electron chi connectivity index (χ4n) is 5.21. The number of aromatic nitrogens is 2. The molecule has 3 aliphatic heterocycles. The third kappa shape index (κ3) is 3.93. The molecule has 4 heterocycles. The lowest BCUT2D eigenvalue weighted by Crippen LogP contribution is -2.57. The maximum atomic E-state index is 13.2. The van der Waals surface area contributed by atoms with Crippen molar-refractivity contribution in [3.05, 3.63) is 18.2 Å². The molecule has 0 aromatic carbocycles. The summed E-state index contributed by atoms with van der Waals surface area (Å²) >= 11 is 0. The second-order valence-corrected chi connectivity index (χ2v) is 8.50. The monoisotopic (exact) mass is 388 g/mol. The van der Waals surface area contributed by atoms with Gasteiger partial charge < -0.3 is 20.5 Å². The predicted octanol–water partition coefficient (Wildman–Crippen LogP) is 0.623. The number of piperidine rings is 2. The molecule has 3 fully saturated rings. The number of carbonyl (C=O) groups is 2. The molecule has 8 heteroatoms. The fourth-order valence-corrected chi connectivity index (χ4v) is 5.21. The summed E-state index contributed by atoms with van der Waals surface area (Å²) in [7, 11) is 0. The molecule has 2 amide bonds. The normalized spacial score (nSPS) is 28.9. The second kappa shape index (κ2) is 8.21. The van der Waals surface area contributed by atoms with Crippen LogP contribution in [0.4, 0.5) is 0 Å². The molecule has 3 aliphatic rings. The summed E-state index contributed by atoms with van der Waals surface area (Å²) in [5, 5.41) is 6.92. The van der Waals surface area contributed by atoms with Crippen molar-refractivity contribution in [2.75, 3.05) is 26.2 Å². The third-order valence-corrected chi connectivity index (χ3v) is 6.70. The van der Waals surface area contributed by atoms with Gasteiger partial charge in [-0.3, -0.25) is 14.5 Å². The highest BCUT2D eigenvalue weighted by Gasteiger charge is 2.52. The summed E-state index contributed by atoms with van der Waals surface area (Å²) in [5.41, 5.74) is -0.386. The molecule has 0 saturated carbocycles. The molecule has 3 saturated heterocycles. The van der Waals surface area contributed by atoms with Gasteiger partial charge in [-0.15, -0.1) is 0 Å². The van der Waals surface area contributed by atoms with E-state index in [-0.39, 0.29) is 17.4 Å². The summed E-state index contributed by atoms with van der Waals surface area (Å²) in [6.07, 6.45) is 9.54. The summed E-state index contributed by atoms with van der Waals surface area (Å²) in [6, 6.07) is 0.770. The highest BCUT2D eigenvalue weighted by Crippen LogP contribution is 2.38. The summed E-state index contributed by atoms with van der Waals surface area (Å²) in [6.45, 7) is 5.68. The lowest BCUT2D eigenvalue weighted by Gasteiger charge is -2.40. The Morgan fingerprint density at radius 1 is 1.25 bits per heavy atom. The number of hydrogen-bond donors (Lipinski definition) is 3. The van der Waals surface area contributed by atoms with Crippen molar-refractivity contribution in [1.29, 1.82) is 0 Å². The summed E-state index contributed by atoms with van der Waals surface area (Å²) < 4.78 is 0. The number of likely N-dealkylation sites (tertiary alicyclic amines) is 1. The smallest absolute Gasteiger partial charge is 0.240 e. The van der Waals surface area contributed by atoms with Crippen molar-refractivity contribution in [3.63, 3.8) is 0 Å². The van der Waals surface area contributed by atoms with E-state index < -0.39 is 0 Å². The SMILES string of the molecule is CC(=O)N1CCC(N[C@@H]2CN3CCCC[C@@]3(C(=O)NCc3ncc[nH]3)C2)CC1. The van der Waals surface area contributed by atoms with Gasteiger partial charge in [-0.2, -0.15) is 0 Å². The Kier molecular flexibility index (Phi) is 5.68. The Labute approximate surface area is 166 Å². The Morgan fingerprint density at radius 2 is 2.07 bits per heavy atom. The van der Waals surface area contributed by atoms with Crippen LogP contribution >= 0.6 is 0 Å². The van der Waals surface area contributed by atoms with Gasteiger partial charge >= 0.3 is 0 Å². The molecule has 0 spiro atoms. The van der Waals surface area contributed by atoms with Crippen molar-refractivity contribution < 1.29 is 9.59 Å². The molecular formula is C20H32N6O2. The Bertz CT molecular complexity index is 685. The molecule has 2 atom stereocenters. The van der Waals surface area contributed by atoms with Crippen LogP contribution in [0.25, 0.3) is 0 Å². The number of nitrogens with zero attached hydrogens (tertiary/aromatic N) is 3. The van der Waals surface area contributed by atoms with Gasteiger partial charge in [0.25, 0.3) is 0 Å². The number of hydrogen-bond acceptors (Lipinski definition) is 5. The Hall–Kier alpha value is -1.93. The lowest BCUT2D eigenvalue weighted by molar-refractivity contribution is -0.134. The molecule has 1 aromatic rings. The van der Waals surface area contributed by atoms with E-state index in [1.807, 2.05) is 4.90 Å². The van der Waals surface area contributed by atoms with Crippen LogP contribution in [0.1, 0.15) is 51.3 Å². The Balaban J connectivity index is 1.36. The maximum Gasteiger partial charge on any atom is 0.240 e. The third-order valence-electron chi connectivity index (χ3n) is 6.70. The van der Waals surface area contributed by atoms with Crippen LogP contribution in [0, 0.1) is 0 Å². The van der Waals surface area contributed by atoms with E-state index in [4.69, 9.17) is 0 Å². The molecule has 0 bridgehead atoms. The number of nitrogens with one attached hydrogen (secondary N) is 3. The second-order valence-electron chi connectivity index (χ2n) is 8.50.